The fraction of sp³-hybridized carbons (Fsp3) is 0.231. The molecule has 0 saturated carbocycles. The van der Waals surface area contributed by atoms with Crippen molar-refractivity contribution in [3.63, 3.8) is 0 Å². The van der Waals surface area contributed by atoms with Crippen LogP contribution in [0.3, 0.4) is 0 Å². The highest BCUT2D eigenvalue weighted by Crippen LogP contribution is 2.33. The van der Waals surface area contributed by atoms with E-state index >= 15 is 0 Å². The Labute approximate surface area is 184 Å². The molecular weight excluding hydrogens is 386 g/mol. The molecule has 0 aliphatic heterocycles. The third kappa shape index (κ3) is 5.72. The first-order valence-corrected chi connectivity index (χ1v) is 10.6. The van der Waals surface area contributed by atoms with Gasteiger partial charge in [0.2, 0.25) is 0 Å². The van der Waals surface area contributed by atoms with Gasteiger partial charge in [0.1, 0.15) is 0 Å². The van der Waals surface area contributed by atoms with Crippen LogP contribution in [0.15, 0.2) is 78.9 Å². The highest BCUT2D eigenvalue weighted by molar-refractivity contribution is 6.39. The minimum atomic E-state index is -0.683. The fourth-order valence-electron chi connectivity index (χ4n) is 3.56. The number of rotatable bonds is 7. The minimum Gasteiger partial charge on any atom is -0.369 e. The van der Waals surface area contributed by atoms with Gasteiger partial charge in [0.05, 0.1) is 0 Å². The molecule has 0 radical (unpaired) electrons. The van der Waals surface area contributed by atoms with Crippen LogP contribution < -0.4 is 15.5 Å². The Kier molecular flexibility index (Phi) is 7.44. The number of amides is 2. The maximum atomic E-state index is 12.6. The number of benzene rings is 3. The Hall–Kier alpha value is -3.60. The van der Waals surface area contributed by atoms with E-state index in [9.17, 15) is 9.59 Å². The lowest BCUT2D eigenvalue weighted by molar-refractivity contribution is -0.136. The molecule has 0 heterocycles. The Balaban J connectivity index is 1.82. The average Bonchev–Trinajstić information content (AvgIpc) is 2.79. The standard InChI is InChI=1S/C26H29N3O2/c1-4-29(19(2)3)22-15-16-24(23(17-22)21-13-9-6-10-14-21)28-26(31)25(30)27-18-20-11-7-5-8-12-20/h5-17,19H,4,18H2,1-3H3,(H,27,30)(H,28,31). The number of carbonyl (C=O) groups excluding carboxylic acids is 2. The number of hydrogen-bond acceptors (Lipinski definition) is 3. The van der Waals surface area contributed by atoms with Crippen molar-refractivity contribution in [3.05, 3.63) is 84.4 Å². The van der Waals surface area contributed by atoms with Gasteiger partial charge in [0.15, 0.2) is 0 Å². The van der Waals surface area contributed by atoms with Crippen LogP contribution in [0.2, 0.25) is 0 Å². The van der Waals surface area contributed by atoms with Gasteiger partial charge in [0, 0.05) is 36.1 Å². The first-order valence-electron chi connectivity index (χ1n) is 10.6. The zero-order valence-electron chi connectivity index (χ0n) is 18.3. The van der Waals surface area contributed by atoms with E-state index in [0.29, 0.717) is 18.3 Å². The van der Waals surface area contributed by atoms with E-state index in [4.69, 9.17) is 0 Å². The number of carbonyl (C=O) groups is 2. The molecule has 160 valence electrons. The van der Waals surface area contributed by atoms with Gasteiger partial charge in [-0.05, 0) is 50.1 Å². The van der Waals surface area contributed by atoms with Crippen LogP contribution in [0.25, 0.3) is 11.1 Å². The topological polar surface area (TPSA) is 61.4 Å². The van der Waals surface area contributed by atoms with Crippen molar-refractivity contribution in [2.45, 2.75) is 33.4 Å². The predicted octanol–water partition coefficient (Wildman–Crippen LogP) is 4.84. The maximum Gasteiger partial charge on any atom is 0.313 e. The van der Waals surface area contributed by atoms with E-state index in [-0.39, 0.29) is 0 Å². The van der Waals surface area contributed by atoms with Crippen molar-refractivity contribution >= 4 is 23.2 Å². The number of nitrogens with zero attached hydrogens (tertiary/aromatic N) is 1. The van der Waals surface area contributed by atoms with E-state index in [1.165, 1.54) is 0 Å². The summed E-state index contributed by atoms with van der Waals surface area (Å²) >= 11 is 0. The van der Waals surface area contributed by atoms with Crippen LogP contribution in [0, 0.1) is 0 Å². The Morgan fingerprint density at radius 1 is 0.871 bits per heavy atom. The molecule has 3 rings (SSSR count). The van der Waals surface area contributed by atoms with Crippen molar-refractivity contribution in [2.24, 2.45) is 0 Å². The summed E-state index contributed by atoms with van der Waals surface area (Å²) in [6, 6.07) is 25.6. The first kappa shape index (κ1) is 22.1. The minimum absolute atomic E-state index is 0.303. The van der Waals surface area contributed by atoms with Gasteiger partial charge in [-0.25, -0.2) is 0 Å². The molecule has 0 atom stereocenters. The fourth-order valence-corrected chi connectivity index (χ4v) is 3.56. The van der Waals surface area contributed by atoms with E-state index in [1.54, 1.807) is 0 Å². The van der Waals surface area contributed by atoms with Gasteiger partial charge in [-0.3, -0.25) is 9.59 Å². The van der Waals surface area contributed by atoms with Crippen LogP contribution in [-0.2, 0) is 16.1 Å². The molecule has 3 aromatic rings. The molecule has 0 bridgehead atoms. The van der Waals surface area contributed by atoms with Gasteiger partial charge < -0.3 is 15.5 Å². The average molecular weight is 416 g/mol. The lowest BCUT2D eigenvalue weighted by atomic mass is 10.0. The van der Waals surface area contributed by atoms with Crippen LogP contribution >= 0.6 is 0 Å². The van der Waals surface area contributed by atoms with Gasteiger partial charge >= 0.3 is 11.8 Å². The summed E-state index contributed by atoms with van der Waals surface area (Å²) in [6.07, 6.45) is 0. The predicted molar refractivity (Wildman–Crippen MR) is 127 cm³/mol. The summed E-state index contributed by atoms with van der Waals surface area (Å²) in [5, 5.41) is 5.46. The van der Waals surface area contributed by atoms with E-state index in [0.717, 1.165) is 28.9 Å². The molecule has 5 heteroatoms. The molecule has 0 unspecified atom stereocenters. The van der Waals surface area contributed by atoms with Crippen LogP contribution in [0.5, 0.6) is 0 Å². The van der Waals surface area contributed by atoms with Crippen molar-refractivity contribution < 1.29 is 9.59 Å². The molecule has 0 fully saturated rings. The van der Waals surface area contributed by atoms with Crippen molar-refractivity contribution in [2.75, 3.05) is 16.8 Å². The van der Waals surface area contributed by atoms with Gasteiger partial charge in [-0.15, -0.1) is 0 Å². The molecule has 31 heavy (non-hydrogen) atoms. The highest BCUT2D eigenvalue weighted by Gasteiger charge is 2.17. The summed E-state index contributed by atoms with van der Waals surface area (Å²) in [7, 11) is 0. The summed E-state index contributed by atoms with van der Waals surface area (Å²) in [4.78, 5) is 27.2. The molecule has 5 nitrogen and oxygen atoms in total. The number of nitrogens with one attached hydrogen (secondary N) is 2. The van der Waals surface area contributed by atoms with Gasteiger partial charge in [0.25, 0.3) is 0 Å². The summed E-state index contributed by atoms with van der Waals surface area (Å²) < 4.78 is 0. The second-order valence-corrected chi connectivity index (χ2v) is 7.60. The SMILES string of the molecule is CCN(c1ccc(NC(=O)C(=O)NCc2ccccc2)c(-c2ccccc2)c1)C(C)C. The molecule has 2 amide bonds. The van der Waals surface area contributed by atoms with E-state index in [1.807, 2.05) is 72.8 Å². The van der Waals surface area contributed by atoms with Crippen LogP contribution in [0.4, 0.5) is 11.4 Å². The van der Waals surface area contributed by atoms with Crippen molar-refractivity contribution in [1.82, 2.24) is 5.32 Å². The molecule has 2 N–H and O–H groups in total. The molecule has 0 spiro atoms. The Bertz CT molecular complexity index is 1020. The molecule has 0 aliphatic rings. The smallest absolute Gasteiger partial charge is 0.313 e. The first-order chi connectivity index (χ1) is 15.0. The zero-order chi connectivity index (χ0) is 22.2. The zero-order valence-corrected chi connectivity index (χ0v) is 18.3. The van der Waals surface area contributed by atoms with Crippen LogP contribution in [0.1, 0.15) is 26.3 Å². The Morgan fingerprint density at radius 2 is 1.52 bits per heavy atom. The summed E-state index contributed by atoms with van der Waals surface area (Å²) in [5.41, 5.74) is 4.47. The quantitative estimate of drug-likeness (QED) is 0.543. The number of anilines is 2. The largest absolute Gasteiger partial charge is 0.369 e. The molecule has 0 aromatic heterocycles. The third-order valence-electron chi connectivity index (χ3n) is 5.13. The normalized spacial score (nSPS) is 10.6. The third-order valence-corrected chi connectivity index (χ3v) is 5.13. The van der Waals surface area contributed by atoms with Gasteiger partial charge in [-0.2, -0.15) is 0 Å². The molecule has 0 saturated heterocycles. The molecule has 0 aliphatic carbocycles. The maximum absolute atomic E-state index is 12.6. The second kappa shape index (κ2) is 10.4. The van der Waals surface area contributed by atoms with Gasteiger partial charge in [-0.1, -0.05) is 60.7 Å². The number of hydrogen-bond donors (Lipinski definition) is 2. The monoisotopic (exact) mass is 415 g/mol. The molecular formula is C26H29N3O2. The highest BCUT2D eigenvalue weighted by atomic mass is 16.2. The van der Waals surface area contributed by atoms with Crippen molar-refractivity contribution in [3.8, 4) is 11.1 Å². The summed E-state index contributed by atoms with van der Waals surface area (Å²) in [5.74, 6) is -1.35. The van der Waals surface area contributed by atoms with E-state index < -0.39 is 11.8 Å². The lowest BCUT2D eigenvalue weighted by Gasteiger charge is -2.28. The molecule has 3 aromatic carbocycles. The second-order valence-electron chi connectivity index (χ2n) is 7.60. The summed E-state index contributed by atoms with van der Waals surface area (Å²) in [6.45, 7) is 7.60. The lowest BCUT2D eigenvalue weighted by Crippen LogP contribution is -2.35. The van der Waals surface area contributed by atoms with Crippen molar-refractivity contribution in [1.29, 1.82) is 0 Å². The Morgan fingerprint density at radius 3 is 2.13 bits per heavy atom. The van der Waals surface area contributed by atoms with E-state index in [2.05, 4.69) is 42.4 Å². The van der Waals surface area contributed by atoms with Crippen LogP contribution in [-0.4, -0.2) is 24.4 Å².